The Kier molecular flexibility index (Phi) is 6.21. The van der Waals surface area contributed by atoms with Gasteiger partial charge in [-0.15, -0.1) is 0 Å². The zero-order valence-corrected chi connectivity index (χ0v) is 16.8. The van der Waals surface area contributed by atoms with Crippen molar-refractivity contribution in [1.82, 2.24) is 9.97 Å². The highest BCUT2D eigenvalue weighted by Crippen LogP contribution is 2.26. The first-order chi connectivity index (χ1) is 13.4. The molecule has 2 aromatic carbocycles. The number of carbonyl (C=O) groups is 2. The highest BCUT2D eigenvalue weighted by molar-refractivity contribution is 8.00. The van der Waals surface area contributed by atoms with Crippen molar-refractivity contribution in [3.8, 4) is 11.3 Å². The van der Waals surface area contributed by atoms with Crippen molar-refractivity contribution >= 4 is 29.1 Å². The highest BCUT2D eigenvalue weighted by Gasteiger charge is 2.18. The molecule has 1 atom stereocenters. The molecule has 0 aliphatic rings. The summed E-state index contributed by atoms with van der Waals surface area (Å²) in [7, 11) is 0. The summed E-state index contributed by atoms with van der Waals surface area (Å²) in [6.07, 6.45) is 0. The van der Waals surface area contributed by atoms with Crippen molar-refractivity contribution in [2.24, 2.45) is 0 Å². The molecule has 1 aromatic heterocycles. The molecule has 0 spiro atoms. The third-order valence-electron chi connectivity index (χ3n) is 4.04. The second kappa shape index (κ2) is 8.80. The number of thioether (sulfide) groups is 1. The van der Waals surface area contributed by atoms with Crippen molar-refractivity contribution in [3.05, 3.63) is 71.9 Å². The number of anilines is 1. The molecule has 0 radical (unpaired) electrons. The van der Waals surface area contributed by atoms with Crippen LogP contribution < -0.4 is 5.32 Å². The Morgan fingerprint density at radius 3 is 2.32 bits per heavy atom. The lowest BCUT2D eigenvalue weighted by atomic mass is 10.1. The van der Waals surface area contributed by atoms with Crippen LogP contribution in [0.15, 0.2) is 65.8 Å². The highest BCUT2D eigenvalue weighted by atomic mass is 32.2. The van der Waals surface area contributed by atoms with Gasteiger partial charge in [-0.25, -0.2) is 9.97 Å². The molecule has 5 nitrogen and oxygen atoms in total. The minimum atomic E-state index is -0.336. The number of rotatable bonds is 6. The van der Waals surface area contributed by atoms with Gasteiger partial charge in [0.05, 0.1) is 10.9 Å². The Morgan fingerprint density at radius 2 is 1.68 bits per heavy atom. The van der Waals surface area contributed by atoms with Crippen molar-refractivity contribution in [2.45, 2.75) is 31.2 Å². The van der Waals surface area contributed by atoms with Gasteiger partial charge in [0, 0.05) is 29.4 Å². The van der Waals surface area contributed by atoms with E-state index in [2.05, 4.69) is 15.3 Å². The number of benzene rings is 2. The first kappa shape index (κ1) is 19.8. The number of hydrogen-bond acceptors (Lipinski definition) is 5. The van der Waals surface area contributed by atoms with E-state index in [1.807, 2.05) is 50.2 Å². The summed E-state index contributed by atoms with van der Waals surface area (Å²) in [6.45, 7) is 5.22. The monoisotopic (exact) mass is 391 g/mol. The predicted molar refractivity (Wildman–Crippen MR) is 113 cm³/mol. The average molecular weight is 391 g/mol. The molecule has 6 heteroatoms. The minimum absolute atomic E-state index is 0.00857. The molecule has 0 fully saturated rings. The summed E-state index contributed by atoms with van der Waals surface area (Å²) in [4.78, 5) is 33.0. The van der Waals surface area contributed by atoms with E-state index < -0.39 is 0 Å². The van der Waals surface area contributed by atoms with Crippen LogP contribution in [0.1, 0.15) is 29.9 Å². The zero-order chi connectivity index (χ0) is 20.1. The van der Waals surface area contributed by atoms with Crippen LogP contribution in [0.25, 0.3) is 11.3 Å². The van der Waals surface area contributed by atoms with E-state index in [-0.39, 0.29) is 16.9 Å². The molecule has 1 heterocycles. The number of Topliss-reactive ketones (excluding diaryl/α,β-unsaturated/α-hetero) is 1. The second-order valence-electron chi connectivity index (χ2n) is 6.43. The zero-order valence-electron chi connectivity index (χ0n) is 16.0. The Morgan fingerprint density at radius 1 is 1.00 bits per heavy atom. The van der Waals surface area contributed by atoms with Crippen molar-refractivity contribution in [1.29, 1.82) is 0 Å². The molecule has 142 valence electrons. The van der Waals surface area contributed by atoms with Gasteiger partial charge in [0.15, 0.2) is 10.9 Å². The summed E-state index contributed by atoms with van der Waals surface area (Å²) in [5, 5.41) is 2.93. The van der Waals surface area contributed by atoms with Crippen LogP contribution in [0.4, 0.5) is 5.69 Å². The first-order valence-electron chi connectivity index (χ1n) is 8.92. The Balaban J connectivity index is 1.75. The standard InChI is InChI=1S/C22H21N3O2S/c1-14-13-20(17-7-5-4-6-8-17)25-22(23-14)28-15(2)21(27)18-9-11-19(12-10-18)24-16(3)26/h4-13,15H,1-3H3,(H,24,26)/t15-/m0/s1. The largest absolute Gasteiger partial charge is 0.326 e. The molecule has 0 aliphatic heterocycles. The SMILES string of the molecule is CC(=O)Nc1ccc(C(=O)[C@H](C)Sc2nc(C)cc(-c3ccccc3)n2)cc1. The van der Waals surface area contributed by atoms with Gasteiger partial charge >= 0.3 is 0 Å². The van der Waals surface area contributed by atoms with Crippen molar-refractivity contribution in [3.63, 3.8) is 0 Å². The van der Waals surface area contributed by atoms with Gasteiger partial charge in [-0.05, 0) is 44.2 Å². The van der Waals surface area contributed by atoms with Gasteiger partial charge < -0.3 is 5.32 Å². The van der Waals surface area contributed by atoms with Crippen LogP contribution in [0, 0.1) is 6.92 Å². The number of nitrogens with zero attached hydrogens (tertiary/aromatic N) is 2. The molecule has 1 amide bonds. The lowest BCUT2D eigenvalue weighted by Crippen LogP contribution is -2.14. The van der Waals surface area contributed by atoms with Crippen LogP contribution >= 0.6 is 11.8 Å². The molecule has 0 saturated carbocycles. The summed E-state index contributed by atoms with van der Waals surface area (Å²) < 4.78 is 0. The normalized spacial score (nSPS) is 11.7. The molecule has 0 aliphatic carbocycles. The summed E-state index contributed by atoms with van der Waals surface area (Å²) in [6, 6.07) is 18.7. The van der Waals surface area contributed by atoms with Crippen molar-refractivity contribution < 1.29 is 9.59 Å². The van der Waals surface area contributed by atoms with Gasteiger partial charge in [-0.1, -0.05) is 42.1 Å². The fourth-order valence-corrected chi connectivity index (χ4v) is 3.63. The number of carbonyl (C=O) groups excluding carboxylic acids is 2. The fraction of sp³-hybridized carbons (Fsp3) is 0.182. The first-order valence-corrected chi connectivity index (χ1v) is 9.80. The molecule has 0 bridgehead atoms. The van der Waals surface area contributed by atoms with Crippen LogP contribution in [0.2, 0.25) is 0 Å². The van der Waals surface area contributed by atoms with Gasteiger partial charge in [0.2, 0.25) is 5.91 Å². The van der Waals surface area contributed by atoms with Crippen LogP contribution in [0.3, 0.4) is 0 Å². The fourth-order valence-electron chi connectivity index (χ4n) is 2.72. The Labute approximate surface area is 168 Å². The molecule has 28 heavy (non-hydrogen) atoms. The van der Waals surface area contributed by atoms with Gasteiger partial charge in [0.1, 0.15) is 0 Å². The number of ketones is 1. The third kappa shape index (κ3) is 5.04. The number of aryl methyl sites for hydroxylation is 1. The molecule has 0 unspecified atom stereocenters. The van der Waals surface area contributed by atoms with Crippen LogP contribution in [-0.2, 0) is 4.79 Å². The molecular weight excluding hydrogens is 370 g/mol. The summed E-state index contributed by atoms with van der Waals surface area (Å²) in [5.74, 6) is -0.153. The van der Waals surface area contributed by atoms with Crippen LogP contribution in [0.5, 0.6) is 0 Å². The molecule has 3 aromatic rings. The summed E-state index contributed by atoms with van der Waals surface area (Å²) in [5.41, 5.74) is 3.97. The number of aromatic nitrogens is 2. The lowest BCUT2D eigenvalue weighted by molar-refractivity contribution is -0.114. The van der Waals surface area contributed by atoms with E-state index in [1.165, 1.54) is 18.7 Å². The van der Waals surface area contributed by atoms with Crippen LogP contribution in [-0.4, -0.2) is 26.9 Å². The minimum Gasteiger partial charge on any atom is -0.326 e. The maximum absolute atomic E-state index is 12.8. The van der Waals surface area contributed by atoms with E-state index >= 15 is 0 Å². The van der Waals surface area contributed by atoms with Gasteiger partial charge in [-0.3, -0.25) is 9.59 Å². The Bertz CT molecular complexity index is 988. The molecule has 0 saturated heterocycles. The number of hydrogen-bond donors (Lipinski definition) is 1. The molecule has 3 rings (SSSR count). The second-order valence-corrected chi connectivity index (χ2v) is 7.73. The maximum atomic E-state index is 12.8. The smallest absolute Gasteiger partial charge is 0.221 e. The van der Waals surface area contributed by atoms with E-state index in [0.29, 0.717) is 16.4 Å². The lowest BCUT2D eigenvalue weighted by Gasteiger charge is -2.11. The topological polar surface area (TPSA) is 72.0 Å². The average Bonchev–Trinajstić information content (AvgIpc) is 2.68. The Hall–Kier alpha value is -2.99. The number of amides is 1. The quantitative estimate of drug-likeness (QED) is 0.372. The van der Waals surface area contributed by atoms with E-state index in [9.17, 15) is 9.59 Å². The van der Waals surface area contributed by atoms with E-state index in [0.717, 1.165) is 17.0 Å². The summed E-state index contributed by atoms with van der Waals surface area (Å²) >= 11 is 1.34. The van der Waals surface area contributed by atoms with Crippen molar-refractivity contribution in [2.75, 3.05) is 5.32 Å². The molecule has 1 N–H and O–H groups in total. The van der Waals surface area contributed by atoms with E-state index in [1.54, 1.807) is 24.3 Å². The molecular formula is C22H21N3O2S. The van der Waals surface area contributed by atoms with Gasteiger partial charge in [0.25, 0.3) is 0 Å². The number of nitrogens with one attached hydrogen (secondary N) is 1. The maximum Gasteiger partial charge on any atom is 0.221 e. The third-order valence-corrected chi connectivity index (χ3v) is 5.01. The predicted octanol–water partition coefficient (Wildman–Crippen LogP) is 4.77. The van der Waals surface area contributed by atoms with E-state index in [4.69, 9.17) is 0 Å². The van der Waals surface area contributed by atoms with Gasteiger partial charge in [-0.2, -0.15) is 0 Å².